The molecule has 0 aliphatic rings. The van der Waals surface area contributed by atoms with Crippen LogP contribution < -0.4 is 0 Å². The van der Waals surface area contributed by atoms with E-state index in [-0.39, 0.29) is 0 Å². The summed E-state index contributed by atoms with van der Waals surface area (Å²) in [5, 5.41) is 0. The van der Waals surface area contributed by atoms with Gasteiger partial charge in [-0.15, -0.1) is 0 Å². The third-order valence-electron chi connectivity index (χ3n) is 9.73. The van der Waals surface area contributed by atoms with Crippen LogP contribution in [0.15, 0.2) is 212 Å². The summed E-state index contributed by atoms with van der Waals surface area (Å²) in [6, 6.07) is 74.1. The second kappa shape index (κ2) is 14.8. The summed E-state index contributed by atoms with van der Waals surface area (Å²) in [7, 11) is 0. The Labute approximate surface area is 316 Å². The van der Waals surface area contributed by atoms with Crippen molar-refractivity contribution in [1.82, 2.24) is 15.0 Å². The molecule has 0 atom stereocenters. The quantitative estimate of drug-likeness (QED) is 0.159. The summed E-state index contributed by atoms with van der Waals surface area (Å²) < 4.78 is 0. The highest BCUT2D eigenvalue weighted by Gasteiger charge is 2.16. The van der Waals surface area contributed by atoms with Gasteiger partial charge in [0.1, 0.15) is 0 Å². The van der Waals surface area contributed by atoms with E-state index in [1.807, 2.05) is 12.1 Å². The topological polar surface area (TPSA) is 38.7 Å². The normalized spacial score (nSPS) is 11.0. The van der Waals surface area contributed by atoms with Crippen LogP contribution in [0.4, 0.5) is 0 Å². The summed E-state index contributed by atoms with van der Waals surface area (Å²) in [6.45, 7) is 0. The third-order valence-corrected chi connectivity index (χ3v) is 9.73. The molecule has 0 bridgehead atoms. The van der Waals surface area contributed by atoms with Gasteiger partial charge in [0.25, 0.3) is 0 Å². The molecule has 254 valence electrons. The highest BCUT2D eigenvalue weighted by molar-refractivity contribution is 5.85. The predicted molar refractivity (Wildman–Crippen MR) is 223 cm³/mol. The van der Waals surface area contributed by atoms with E-state index < -0.39 is 0 Å². The summed E-state index contributed by atoms with van der Waals surface area (Å²) in [6.07, 6.45) is 0. The van der Waals surface area contributed by atoms with Crippen LogP contribution >= 0.6 is 0 Å². The molecule has 54 heavy (non-hydrogen) atoms. The maximum absolute atomic E-state index is 5.17. The van der Waals surface area contributed by atoms with Gasteiger partial charge in [-0.25, -0.2) is 15.0 Å². The minimum Gasteiger partial charge on any atom is -0.208 e. The van der Waals surface area contributed by atoms with Crippen LogP contribution in [-0.2, 0) is 0 Å². The van der Waals surface area contributed by atoms with Crippen LogP contribution in [-0.4, -0.2) is 15.0 Å². The summed E-state index contributed by atoms with van der Waals surface area (Å²) in [5.41, 5.74) is 14.2. The Morgan fingerprint density at radius 3 is 0.870 bits per heavy atom. The van der Waals surface area contributed by atoms with Crippen LogP contribution in [0.1, 0.15) is 0 Å². The van der Waals surface area contributed by atoms with Crippen LogP contribution in [0, 0.1) is 0 Å². The zero-order valence-electron chi connectivity index (χ0n) is 29.5. The van der Waals surface area contributed by atoms with Gasteiger partial charge < -0.3 is 0 Å². The number of rotatable bonds is 8. The molecule has 9 aromatic rings. The lowest BCUT2D eigenvalue weighted by Gasteiger charge is -2.13. The Balaban J connectivity index is 1.17. The molecule has 0 spiro atoms. The van der Waals surface area contributed by atoms with Crippen molar-refractivity contribution < 1.29 is 0 Å². The van der Waals surface area contributed by atoms with Crippen molar-refractivity contribution in [1.29, 1.82) is 0 Å². The van der Waals surface area contributed by atoms with E-state index in [4.69, 9.17) is 15.0 Å². The molecular formula is C51H35N3. The average molecular weight is 690 g/mol. The first-order chi connectivity index (χ1) is 26.7. The molecule has 1 heterocycles. The zero-order chi connectivity index (χ0) is 36.1. The molecule has 0 amide bonds. The maximum Gasteiger partial charge on any atom is 0.164 e. The fourth-order valence-electron chi connectivity index (χ4n) is 7.01. The monoisotopic (exact) mass is 689 g/mol. The standard InChI is InChI=1S/C51H35N3/c1-4-16-36(17-5-1)39-22-12-24-41(32-39)42-25-14-28-45(34-42)50-52-49(44-27-13-23-40(33-44)37-18-6-2-7-19-37)53-51(54-50)46-29-15-26-43(35-46)48-31-11-10-30-47(48)38-20-8-3-9-21-38/h1-35H. The van der Waals surface area contributed by atoms with Crippen LogP contribution in [0.5, 0.6) is 0 Å². The second-order valence-corrected chi connectivity index (χ2v) is 13.3. The third kappa shape index (κ3) is 6.87. The minimum absolute atomic E-state index is 0.621. The Morgan fingerprint density at radius 1 is 0.185 bits per heavy atom. The van der Waals surface area contributed by atoms with E-state index in [1.54, 1.807) is 0 Å². The fourth-order valence-corrected chi connectivity index (χ4v) is 7.01. The highest BCUT2D eigenvalue weighted by atomic mass is 15.0. The average Bonchev–Trinajstić information content (AvgIpc) is 3.27. The van der Waals surface area contributed by atoms with Crippen molar-refractivity contribution in [3.63, 3.8) is 0 Å². The molecule has 0 aliphatic carbocycles. The molecule has 0 aliphatic heterocycles. The minimum atomic E-state index is 0.621. The van der Waals surface area contributed by atoms with Crippen LogP contribution in [0.25, 0.3) is 89.8 Å². The van der Waals surface area contributed by atoms with E-state index in [9.17, 15) is 0 Å². The Morgan fingerprint density at radius 2 is 0.444 bits per heavy atom. The van der Waals surface area contributed by atoms with E-state index >= 15 is 0 Å². The second-order valence-electron chi connectivity index (χ2n) is 13.3. The molecule has 3 heteroatoms. The fraction of sp³-hybridized carbons (Fsp3) is 0. The van der Waals surface area contributed by atoms with Crippen molar-refractivity contribution in [3.05, 3.63) is 212 Å². The van der Waals surface area contributed by atoms with Crippen molar-refractivity contribution in [2.75, 3.05) is 0 Å². The van der Waals surface area contributed by atoms with E-state index in [1.165, 1.54) is 22.3 Å². The van der Waals surface area contributed by atoms with E-state index in [0.717, 1.165) is 50.1 Å². The number of nitrogens with zero attached hydrogens (tertiary/aromatic N) is 3. The number of hydrogen-bond donors (Lipinski definition) is 0. The largest absolute Gasteiger partial charge is 0.208 e. The molecule has 1 aromatic heterocycles. The molecule has 0 N–H and O–H groups in total. The van der Waals surface area contributed by atoms with Gasteiger partial charge in [-0.3, -0.25) is 0 Å². The van der Waals surface area contributed by atoms with Gasteiger partial charge in [-0.05, 0) is 79.9 Å². The predicted octanol–water partition coefficient (Wildman–Crippen LogP) is 13.2. The zero-order valence-corrected chi connectivity index (χ0v) is 29.5. The lowest BCUT2D eigenvalue weighted by Crippen LogP contribution is -2.00. The highest BCUT2D eigenvalue weighted by Crippen LogP contribution is 2.35. The lowest BCUT2D eigenvalue weighted by atomic mass is 9.93. The van der Waals surface area contributed by atoms with Crippen molar-refractivity contribution in [3.8, 4) is 89.8 Å². The van der Waals surface area contributed by atoms with Gasteiger partial charge in [0.2, 0.25) is 0 Å². The first kappa shape index (κ1) is 32.7. The van der Waals surface area contributed by atoms with Gasteiger partial charge in [0, 0.05) is 16.7 Å². The number of aromatic nitrogens is 3. The van der Waals surface area contributed by atoms with E-state index in [0.29, 0.717) is 17.5 Å². The van der Waals surface area contributed by atoms with Gasteiger partial charge in [-0.2, -0.15) is 0 Å². The Hall–Kier alpha value is -7.23. The first-order valence-electron chi connectivity index (χ1n) is 18.2. The Bertz CT molecular complexity index is 2700. The molecule has 0 saturated heterocycles. The molecule has 9 rings (SSSR count). The summed E-state index contributed by atoms with van der Waals surface area (Å²) in [5.74, 6) is 1.87. The SMILES string of the molecule is c1ccc(-c2cccc(-c3cccc(-c4nc(-c5cccc(-c6ccccc6)c5)nc(-c5cccc(-c6ccccc6-c6ccccc6)c5)n4)c3)c2)cc1. The van der Waals surface area contributed by atoms with Crippen LogP contribution in [0.3, 0.4) is 0 Å². The Kier molecular flexibility index (Phi) is 8.94. The summed E-state index contributed by atoms with van der Waals surface area (Å²) >= 11 is 0. The maximum atomic E-state index is 5.17. The molecule has 3 nitrogen and oxygen atoms in total. The van der Waals surface area contributed by atoms with Gasteiger partial charge in [0.05, 0.1) is 0 Å². The first-order valence-corrected chi connectivity index (χ1v) is 18.2. The van der Waals surface area contributed by atoms with Crippen LogP contribution in [0.2, 0.25) is 0 Å². The summed E-state index contributed by atoms with van der Waals surface area (Å²) in [4.78, 5) is 15.5. The number of benzene rings is 8. The van der Waals surface area contributed by atoms with Crippen molar-refractivity contribution >= 4 is 0 Å². The van der Waals surface area contributed by atoms with Gasteiger partial charge >= 0.3 is 0 Å². The lowest BCUT2D eigenvalue weighted by molar-refractivity contribution is 1.07. The molecule has 0 radical (unpaired) electrons. The van der Waals surface area contributed by atoms with E-state index in [2.05, 4.69) is 200 Å². The smallest absolute Gasteiger partial charge is 0.164 e. The van der Waals surface area contributed by atoms with Crippen molar-refractivity contribution in [2.45, 2.75) is 0 Å². The molecule has 0 unspecified atom stereocenters. The van der Waals surface area contributed by atoms with Gasteiger partial charge in [0.15, 0.2) is 17.5 Å². The molecule has 0 fully saturated rings. The van der Waals surface area contributed by atoms with Crippen molar-refractivity contribution in [2.24, 2.45) is 0 Å². The number of hydrogen-bond acceptors (Lipinski definition) is 3. The van der Waals surface area contributed by atoms with Gasteiger partial charge in [-0.1, -0.05) is 188 Å². The molecule has 0 saturated carbocycles. The molecule has 8 aromatic carbocycles. The molecular weight excluding hydrogens is 655 g/mol.